The predicted octanol–water partition coefficient (Wildman–Crippen LogP) is 4.26. The molecule has 33 heavy (non-hydrogen) atoms. The number of para-hydroxylation sites is 2. The van der Waals surface area contributed by atoms with Gasteiger partial charge >= 0.3 is 0 Å². The largest absolute Gasteiger partial charge is 0.368 e. The average molecular weight is 445 g/mol. The van der Waals surface area contributed by atoms with Crippen LogP contribution < -0.4 is 10.2 Å². The van der Waals surface area contributed by atoms with Gasteiger partial charge in [-0.15, -0.1) is 0 Å². The number of hydrogen-bond acceptors (Lipinski definition) is 6. The number of anilines is 2. The summed E-state index contributed by atoms with van der Waals surface area (Å²) in [6.45, 7) is 6.17. The highest BCUT2D eigenvalue weighted by atomic mass is 16.2. The predicted molar refractivity (Wildman–Crippen MR) is 131 cm³/mol. The number of benzene rings is 1. The number of carbonyl (C=O) groups is 1. The maximum Gasteiger partial charge on any atom is 0.230 e. The molecule has 2 aliphatic heterocycles. The number of amides is 1. The lowest BCUT2D eigenvalue weighted by atomic mass is 9.76. The van der Waals surface area contributed by atoms with Gasteiger partial charge in [-0.2, -0.15) is 0 Å². The van der Waals surface area contributed by atoms with Gasteiger partial charge in [0.25, 0.3) is 0 Å². The number of rotatable bonds is 7. The molecule has 1 unspecified atom stereocenters. The molecule has 2 aliphatic rings. The number of nitrogens with zero attached hydrogens (tertiary/aromatic N) is 5. The molecule has 0 aliphatic carbocycles. The van der Waals surface area contributed by atoms with Crippen LogP contribution in [0.2, 0.25) is 0 Å². The number of fused-ring (bicyclic) bond motifs is 1. The Bertz CT molecular complexity index is 1130. The summed E-state index contributed by atoms with van der Waals surface area (Å²) in [7, 11) is 0. The fourth-order valence-electron chi connectivity index (χ4n) is 5.10. The van der Waals surface area contributed by atoms with E-state index in [0.29, 0.717) is 18.9 Å². The summed E-state index contributed by atoms with van der Waals surface area (Å²) in [4.78, 5) is 32.0. The summed E-state index contributed by atoms with van der Waals surface area (Å²) in [5, 5.41) is 3.42. The molecule has 1 amide bonds. The Morgan fingerprint density at radius 2 is 1.79 bits per heavy atom. The van der Waals surface area contributed by atoms with Crippen LogP contribution in [0, 0.1) is 5.41 Å². The first-order chi connectivity index (χ1) is 16.2. The lowest BCUT2D eigenvalue weighted by Crippen LogP contribution is -2.51. The lowest BCUT2D eigenvalue weighted by molar-refractivity contribution is -0.146. The van der Waals surface area contributed by atoms with Crippen LogP contribution in [0.25, 0.3) is 11.0 Å². The fourth-order valence-corrected chi connectivity index (χ4v) is 5.10. The Balaban J connectivity index is 1.29. The van der Waals surface area contributed by atoms with Gasteiger partial charge in [-0.05, 0) is 56.4 Å². The third-order valence-electron chi connectivity index (χ3n) is 7.13. The SMILES string of the molecule is CCC1(CNc2cnc3ccccc3n2)CCCN(Cc2cccc(N3CCCC3)n2)C1=O. The molecule has 7 heteroatoms. The van der Waals surface area contributed by atoms with Gasteiger partial charge < -0.3 is 15.1 Å². The van der Waals surface area contributed by atoms with Crippen molar-refractivity contribution < 1.29 is 4.79 Å². The molecule has 1 N–H and O–H groups in total. The van der Waals surface area contributed by atoms with Gasteiger partial charge in [0.1, 0.15) is 11.6 Å². The summed E-state index contributed by atoms with van der Waals surface area (Å²) in [5.41, 5.74) is 2.26. The van der Waals surface area contributed by atoms with Gasteiger partial charge in [0.2, 0.25) is 5.91 Å². The summed E-state index contributed by atoms with van der Waals surface area (Å²) < 4.78 is 0. The summed E-state index contributed by atoms with van der Waals surface area (Å²) >= 11 is 0. The molecule has 4 heterocycles. The van der Waals surface area contributed by atoms with Crippen LogP contribution in [0.3, 0.4) is 0 Å². The van der Waals surface area contributed by atoms with E-state index in [0.717, 1.165) is 61.4 Å². The fraction of sp³-hybridized carbons (Fsp3) is 0.462. The van der Waals surface area contributed by atoms with E-state index in [1.807, 2.05) is 35.2 Å². The zero-order chi connectivity index (χ0) is 22.7. The van der Waals surface area contributed by atoms with Crippen LogP contribution in [0.4, 0.5) is 11.6 Å². The molecule has 172 valence electrons. The van der Waals surface area contributed by atoms with Gasteiger partial charge in [0.05, 0.1) is 34.9 Å². The van der Waals surface area contributed by atoms with Crippen molar-refractivity contribution in [2.24, 2.45) is 5.41 Å². The molecule has 0 saturated carbocycles. The van der Waals surface area contributed by atoms with Crippen molar-refractivity contribution in [1.29, 1.82) is 0 Å². The van der Waals surface area contributed by atoms with Crippen molar-refractivity contribution in [3.05, 3.63) is 54.4 Å². The lowest BCUT2D eigenvalue weighted by Gasteiger charge is -2.41. The van der Waals surface area contributed by atoms with Gasteiger partial charge in [-0.1, -0.05) is 25.1 Å². The highest BCUT2D eigenvalue weighted by Crippen LogP contribution is 2.35. The third kappa shape index (κ3) is 4.49. The van der Waals surface area contributed by atoms with E-state index >= 15 is 0 Å². The quantitative estimate of drug-likeness (QED) is 0.587. The molecule has 5 rings (SSSR count). The molecular formula is C26H32N6O. The van der Waals surface area contributed by atoms with E-state index in [2.05, 4.69) is 39.2 Å². The maximum atomic E-state index is 13.7. The van der Waals surface area contributed by atoms with Gasteiger partial charge in [0, 0.05) is 26.2 Å². The molecule has 3 aromatic rings. The number of likely N-dealkylation sites (tertiary alicyclic amines) is 1. The first-order valence-corrected chi connectivity index (χ1v) is 12.1. The minimum atomic E-state index is -0.432. The number of carbonyl (C=O) groups excluding carboxylic acids is 1. The van der Waals surface area contributed by atoms with Crippen molar-refractivity contribution in [2.75, 3.05) is 36.4 Å². The molecular weight excluding hydrogens is 412 g/mol. The normalized spacial score (nSPS) is 21.1. The van der Waals surface area contributed by atoms with Crippen molar-refractivity contribution in [2.45, 2.75) is 45.6 Å². The number of pyridine rings is 1. The summed E-state index contributed by atoms with van der Waals surface area (Å²) in [5.74, 6) is 1.96. The molecule has 0 bridgehead atoms. The van der Waals surface area contributed by atoms with Crippen LogP contribution in [-0.4, -0.2) is 51.9 Å². The Morgan fingerprint density at radius 3 is 2.61 bits per heavy atom. The Labute approximate surface area is 195 Å². The minimum absolute atomic E-state index is 0.214. The molecule has 2 fully saturated rings. The monoisotopic (exact) mass is 444 g/mol. The van der Waals surface area contributed by atoms with Gasteiger partial charge in [0.15, 0.2) is 0 Å². The topological polar surface area (TPSA) is 74.2 Å². The molecule has 0 radical (unpaired) electrons. The molecule has 1 aromatic carbocycles. The van der Waals surface area contributed by atoms with Crippen LogP contribution in [-0.2, 0) is 11.3 Å². The zero-order valence-electron chi connectivity index (χ0n) is 19.3. The van der Waals surface area contributed by atoms with Gasteiger partial charge in [-0.3, -0.25) is 9.78 Å². The summed E-state index contributed by atoms with van der Waals surface area (Å²) in [6.07, 6.45) is 6.88. The number of piperidine rings is 1. The first-order valence-electron chi connectivity index (χ1n) is 12.1. The second kappa shape index (κ2) is 9.33. The van der Waals surface area contributed by atoms with Crippen molar-refractivity contribution in [1.82, 2.24) is 19.9 Å². The van der Waals surface area contributed by atoms with Crippen molar-refractivity contribution >= 4 is 28.6 Å². The van der Waals surface area contributed by atoms with Crippen LogP contribution in [0.5, 0.6) is 0 Å². The van der Waals surface area contributed by atoms with Gasteiger partial charge in [-0.25, -0.2) is 9.97 Å². The Morgan fingerprint density at radius 1 is 0.970 bits per heavy atom. The van der Waals surface area contributed by atoms with Crippen molar-refractivity contribution in [3.8, 4) is 0 Å². The standard InChI is InChI=1S/C26H32N6O/c1-2-26(19-28-23-17-27-21-10-3-4-11-22(21)30-23)13-8-16-32(25(26)33)18-20-9-7-12-24(29-20)31-14-5-6-15-31/h3-4,7,9-12,17H,2,5-6,8,13-16,18-19H2,1H3,(H,28,30). The molecule has 7 nitrogen and oxygen atoms in total. The van der Waals surface area contributed by atoms with E-state index in [9.17, 15) is 4.79 Å². The van der Waals surface area contributed by atoms with Crippen molar-refractivity contribution in [3.63, 3.8) is 0 Å². The highest BCUT2D eigenvalue weighted by molar-refractivity contribution is 5.84. The minimum Gasteiger partial charge on any atom is -0.368 e. The molecule has 1 atom stereocenters. The van der Waals surface area contributed by atoms with E-state index in [4.69, 9.17) is 4.98 Å². The summed E-state index contributed by atoms with van der Waals surface area (Å²) in [6, 6.07) is 14.0. The first kappa shape index (κ1) is 21.6. The Kier molecular flexibility index (Phi) is 6.11. The van der Waals surface area contributed by atoms with E-state index in [1.54, 1.807) is 6.20 Å². The third-order valence-corrected chi connectivity index (χ3v) is 7.13. The highest BCUT2D eigenvalue weighted by Gasteiger charge is 2.42. The molecule has 2 saturated heterocycles. The molecule has 0 spiro atoms. The van der Waals surface area contributed by atoms with E-state index in [-0.39, 0.29) is 5.91 Å². The second-order valence-corrected chi connectivity index (χ2v) is 9.24. The Hall–Kier alpha value is -3.22. The average Bonchev–Trinajstić information content (AvgIpc) is 3.40. The number of hydrogen-bond donors (Lipinski definition) is 1. The number of aromatic nitrogens is 3. The zero-order valence-corrected chi connectivity index (χ0v) is 19.3. The van der Waals surface area contributed by atoms with Crippen LogP contribution in [0.15, 0.2) is 48.7 Å². The van der Waals surface area contributed by atoms with E-state index < -0.39 is 5.41 Å². The maximum absolute atomic E-state index is 13.7. The molecule has 2 aromatic heterocycles. The van der Waals surface area contributed by atoms with Crippen LogP contribution in [0.1, 0.15) is 44.7 Å². The second-order valence-electron chi connectivity index (χ2n) is 9.24. The van der Waals surface area contributed by atoms with Crippen LogP contribution >= 0.6 is 0 Å². The van der Waals surface area contributed by atoms with E-state index in [1.165, 1.54) is 12.8 Å². The smallest absolute Gasteiger partial charge is 0.230 e. The number of nitrogens with one attached hydrogen (secondary N) is 1.